The molecule has 0 aromatic carbocycles. The summed E-state index contributed by atoms with van der Waals surface area (Å²) in [6.07, 6.45) is 8.33. The van der Waals surface area contributed by atoms with Gasteiger partial charge in [-0.2, -0.15) is 0 Å². The van der Waals surface area contributed by atoms with Crippen LogP contribution in [0.5, 0.6) is 0 Å². The van der Waals surface area contributed by atoms with E-state index >= 15 is 0 Å². The third-order valence-electron chi connectivity index (χ3n) is 4.46. The number of hydrogen-bond donors (Lipinski definition) is 2. The molecule has 0 aliphatic heterocycles. The molecule has 0 aromatic heterocycles. The number of aliphatic hydroxyl groups is 2. The van der Waals surface area contributed by atoms with Crippen LogP contribution in [-0.4, -0.2) is 46.5 Å². The monoisotopic (exact) mass is 227 g/mol. The normalized spacial score (nSPS) is 41.2. The maximum Gasteiger partial charge on any atom is 0.0695 e. The van der Waals surface area contributed by atoms with E-state index < -0.39 is 0 Å². The number of nitrogens with zero attached hydrogens (tertiary/aromatic N) is 1. The molecule has 2 rings (SSSR count). The van der Waals surface area contributed by atoms with Crippen LogP contribution in [0.1, 0.15) is 51.4 Å². The Morgan fingerprint density at radius 3 is 2.12 bits per heavy atom. The Morgan fingerprint density at radius 1 is 0.875 bits per heavy atom. The van der Waals surface area contributed by atoms with Crippen LogP contribution in [0.4, 0.5) is 0 Å². The fourth-order valence-corrected chi connectivity index (χ4v) is 3.30. The summed E-state index contributed by atoms with van der Waals surface area (Å²) in [7, 11) is 2.15. The number of aliphatic hydroxyl groups excluding tert-OH is 2. The first-order valence-electron chi connectivity index (χ1n) is 6.76. The van der Waals surface area contributed by atoms with Crippen molar-refractivity contribution in [3.8, 4) is 0 Å². The average Bonchev–Trinajstić information content (AvgIpc) is 2.30. The summed E-state index contributed by atoms with van der Waals surface area (Å²) in [5, 5.41) is 19.5. The molecule has 2 fully saturated rings. The van der Waals surface area contributed by atoms with Gasteiger partial charge in [0.15, 0.2) is 0 Å². The predicted octanol–water partition coefficient (Wildman–Crippen LogP) is 1.53. The van der Waals surface area contributed by atoms with Gasteiger partial charge in [-0.25, -0.2) is 0 Å². The van der Waals surface area contributed by atoms with E-state index in [-0.39, 0.29) is 12.2 Å². The molecule has 2 atom stereocenters. The third-order valence-corrected chi connectivity index (χ3v) is 4.46. The summed E-state index contributed by atoms with van der Waals surface area (Å²) in [4.78, 5) is 2.38. The Hall–Kier alpha value is -0.120. The van der Waals surface area contributed by atoms with E-state index in [0.29, 0.717) is 12.1 Å². The van der Waals surface area contributed by atoms with Crippen molar-refractivity contribution >= 4 is 0 Å². The summed E-state index contributed by atoms with van der Waals surface area (Å²) >= 11 is 0. The maximum atomic E-state index is 10.0. The van der Waals surface area contributed by atoms with E-state index in [1.165, 1.54) is 12.8 Å². The molecule has 2 N–H and O–H groups in total. The summed E-state index contributed by atoms with van der Waals surface area (Å²) in [5.74, 6) is 0. The first-order chi connectivity index (χ1) is 7.68. The van der Waals surface area contributed by atoms with Crippen molar-refractivity contribution in [3.05, 3.63) is 0 Å². The number of hydrogen-bond acceptors (Lipinski definition) is 3. The van der Waals surface area contributed by atoms with Crippen LogP contribution >= 0.6 is 0 Å². The lowest BCUT2D eigenvalue weighted by Crippen LogP contribution is -2.49. The maximum absolute atomic E-state index is 10.0. The Balaban J connectivity index is 1.88. The summed E-state index contributed by atoms with van der Waals surface area (Å²) < 4.78 is 0. The third kappa shape index (κ3) is 2.76. The second kappa shape index (κ2) is 5.48. The molecule has 0 radical (unpaired) electrons. The predicted molar refractivity (Wildman–Crippen MR) is 64.3 cm³/mol. The molecular formula is C13H25NO2. The zero-order chi connectivity index (χ0) is 11.5. The van der Waals surface area contributed by atoms with Gasteiger partial charge >= 0.3 is 0 Å². The molecule has 0 bridgehead atoms. The second-order valence-electron chi connectivity index (χ2n) is 5.55. The highest BCUT2D eigenvalue weighted by molar-refractivity contribution is 4.87. The van der Waals surface area contributed by atoms with Crippen LogP contribution in [0.3, 0.4) is 0 Å². The van der Waals surface area contributed by atoms with Gasteiger partial charge in [-0.3, -0.25) is 4.90 Å². The van der Waals surface area contributed by atoms with Crippen LogP contribution < -0.4 is 0 Å². The first kappa shape index (κ1) is 12.3. The minimum Gasteiger partial charge on any atom is -0.393 e. The van der Waals surface area contributed by atoms with Crippen molar-refractivity contribution in [2.45, 2.75) is 75.7 Å². The van der Waals surface area contributed by atoms with Crippen molar-refractivity contribution in [1.82, 2.24) is 4.90 Å². The van der Waals surface area contributed by atoms with Gasteiger partial charge in [-0.1, -0.05) is 12.8 Å². The average molecular weight is 227 g/mol. The topological polar surface area (TPSA) is 43.7 Å². The Labute approximate surface area is 98.5 Å². The van der Waals surface area contributed by atoms with Crippen LogP contribution in [0.25, 0.3) is 0 Å². The summed E-state index contributed by atoms with van der Waals surface area (Å²) in [6, 6.07) is 0.926. The lowest BCUT2D eigenvalue weighted by molar-refractivity contribution is -0.00621. The second-order valence-corrected chi connectivity index (χ2v) is 5.55. The molecular weight excluding hydrogens is 202 g/mol. The van der Waals surface area contributed by atoms with Crippen LogP contribution in [0, 0.1) is 0 Å². The molecule has 16 heavy (non-hydrogen) atoms. The van der Waals surface area contributed by atoms with Gasteiger partial charge in [-0.15, -0.1) is 0 Å². The highest BCUT2D eigenvalue weighted by Gasteiger charge is 2.32. The zero-order valence-electron chi connectivity index (χ0n) is 10.3. The minimum atomic E-state index is -0.134. The molecule has 2 saturated carbocycles. The summed E-state index contributed by atoms with van der Waals surface area (Å²) in [5.41, 5.74) is 0. The largest absolute Gasteiger partial charge is 0.393 e. The van der Waals surface area contributed by atoms with Crippen molar-refractivity contribution in [3.63, 3.8) is 0 Å². The van der Waals surface area contributed by atoms with Crippen LogP contribution in [0.2, 0.25) is 0 Å². The Bertz CT molecular complexity index is 214. The van der Waals surface area contributed by atoms with Gasteiger partial charge in [0.1, 0.15) is 0 Å². The Kier molecular flexibility index (Phi) is 4.22. The quantitative estimate of drug-likeness (QED) is 0.752. The van der Waals surface area contributed by atoms with Crippen LogP contribution in [-0.2, 0) is 0 Å². The van der Waals surface area contributed by atoms with Crippen molar-refractivity contribution in [2.75, 3.05) is 7.05 Å². The van der Waals surface area contributed by atoms with E-state index in [4.69, 9.17) is 0 Å². The minimum absolute atomic E-state index is 0.0825. The van der Waals surface area contributed by atoms with Gasteiger partial charge in [0.2, 0.25) is 0 Å². The fourth-order valence-electron chi connectivity index (χ4n) is 3.30. The van der Waals surface area contributed by atoms with E-state index in [2.05, 4.69) is 11.9 Å². The van der Waals surface area contributed by atoms with Gasteiger partial charge in [0.05, 0.1) is 12.2 Å². The smallest absolute Gasteiger partial charge is 0.0695 e. The molecule has 0 spiro atoms. The standard InChI is InChI=1S/C13H25NO2/c1-14(10-6-8-11(15)9-7-10)12-4-2-3-5-13(12)16/h10-13,15-16H,2-9H2,1H3. The molecule has 94 valence electrons. The van der Waals surface area contributed by atoms with Gasteiger partial charge < -0.3 is 10.2 Å². The SMILES string of the molecule is CN(C1CCC(O)CC1)C1CCCCC1O. The fraction of sp³-hybridized carbons (Fsp3) is 1.00. The van der Waals surface area contributed by atoms with Crippen LogP contribution in [0.15, 0.2) is 0 Å². The van der Waals surface area contributed by atoms with E-state index in [0.717, 1.165) is 38.5 Å². The first-order valence-corrected chi connectivity index (χ1v) is 6.76. The van der Waals surface area contributed by atoms with E-state index in [1.807, 2.05) is 0 Å². The molecule has 0 amide bonds. The highest BCUT2D eigenvalue weighted by atomic mass is 16.3. The molecule has 2 aliphatic rings. The number of likely N-dealkylation sites (N-methyl/N-ethyl adjacent to an activating group) is 1. The van der Waals surface area contributed by atoms with Crippen molar-refractivity contribution < 1.29 is 10.2 Å². The molecule has 2 unspecified atom stereocenters. The summed E-state index contributed by atoms with van der Waals surface area (Å²) in [6.45, 7) is 0. The lowest BCUT2D eigenvalue weighted by atomic mass is 9.87. The van der Waals surface area contributed by atoms with E-state index in [1.54, 1.807) is 0 Å². The van der Waals surface area contributed by atoms with Gasteiger partial charge in [-0.05, 0) is 45.6 Å². The molecule has 3 heteroatoms. The zero-order valence-corrected chi connectivity index (χ0v) is 10.3. The molecule has 0 aromatic rings. The molecule has 0 saturated heterocycles. The van der Waals surface area contributed by atoms with E-state index in [9.17, 15) is 10.2 Å². The molecule has 0 heterocycles. The molecule has 3 nitrogen and oxygen atoms in total. The lowest BCUT2D eigenvalue weighted by Gasteiger charge is -2.42. The van der Waals surface area contributed by atoms with Crippen molar-refractivity contribution in [1.29, 1.82) is 0 Å². The van der Waals surface area contributed by atoms with Gasteiger partial charge in [0, 0.05) is 12.1 Å². The molecule has 2 aliphatic carbocycles. The van der Waals surface area contributed by atoms with Crippen molar-refractivity contribution in [2.24, 2.45) is 0 Å². The highest BCUT2D eigenvalue weighted by Crippen LogP contribution is 2.29. The Morgan fingerprint density at radius 2 is 1.50 bits per heavy atom. The number of rotatable bonds is 2. The van der Waals surface area contributed by atoms with Gasteiger partial charge in [0.25, 0.3) is 0 Å².